The summed E-state index contributed by atoms with van der Waals surface area (Å²) in [5.41, 5.74) is -1.61. The Labute approximate surface area is 112 Å². The molecule has 1 nitrogen and oxygen atoms in total. The number of carbonyl (C=O) groups excluding carboxylic acids is 1. The van der Waals surface area contributed by atoms with Gasteiger partial charge in [0.1, 0.15) is 23.5 Å². The number of aldehydes is 1. The van der Waals surface area contributed by atoms with Crippen LogP contribution in [0.1, 0.15) is 42.7 Å². The van der Waals surface area contributed by atoms with Crippen molar-refractivity contribution in [2.45, 2.75) is 37.8 Å². The Morgan fingerprint density at radius 3 is 1.90 bits per heavy atom. The summed E-state index contributed by atoms with van der Waals surface area (Å²) in [4.78, 5) is 10.6. The van der Waals surface area contributed by atoms with Crippen molar-refractivity contribution in [3.63, 3.8) is 0 Å². The average Bonchev–Trinajstić information content (AvgIpc) is 2.36. The van der Waals surface area contributed by atoms with E-state index in [1.54, 1.807) is 0 Å². The molecule has 0 saturated heterocycles. The van der Waals surface area contributed by atoms with Crippen molar-refractivity contribution in [1.29, 1.82) is 0 Å². The smallest absolute Gasteiger partial charge is 0.303 e. The lowest BCUT2D eigenvalue weighted by molar-refractivity contribution is -0.142. The third kappa shape index (κ3) is 2.99. The second kappa shape index (κ2) is 5.50. The second-order valence-corrected chi connectivity index (χ2v) is 5.11. The van der Waals surface area contributed by atoms with Crippen LogP contribution in [0.25, 0.3) is 0 Å². The van der Waals surface area contributed by atoms with Gasteiger partial charge in [-0.2, -0.15) is 13.2 Å². The molecule has 1 saturated carbocycles. The molecule has 0 N–H and O–H groups in total. The van der Waals surface area contributed by atoms with Gasteiger partial charge in [-0.3, -0.25) is 0 Å². The molecule has 0 radical (unpaired) electrons. The van der Waals surface area contributed by atoms with Gasteiger partial charge in [0, 0.05) is 5.92 Å². The SMILES string of the molecule is O=CC1CCC(c2cc(F)c(C(F)(F)F)c(F)c2)CC1. The third-order valence-electron chi connectivity index (χ3n) is 3.78. The monoisotopic (exact) mass is 292 g/mol. The highest BCUT2D eigenvalue weighted by Crippen LogP contribution is 2.39. The van der Waals surface area contributed by atoms with E-state index in [0.29, 0.717) is 25.7 Å². The molecule has 0 bridgehead atoms. The van der Waals surface area contributed by atoms with Crippen molar-refractivity contribution in [3.8, 4) is 0 Å². The topological polar surface area (TPSA) is 17.1 Å². The van der Waals surface area contributed by atoms with E-state index in [1.807, 2.05) is 0 Å². The number of alkyl halides is 3. The van der Waals surface area contributed by atoms with E-state index in [9.17, 15) is 26.7 Å². The van der Waals surface area contributed by atoms with Crippen molar-refractivity contribution in [2.24, 2.45) is 5.92 Å². The van der Waals surface area contributed by atoms with E-state index >= 15 is 0 Å². The van der Waals surface area contributed by atoms with E-state index < -0.39 is 23.4 Å². The van der Waals surface area contributed by atoms with Crippen molar-refractivity contribution < 1.29 is 26.7 Å². The Morgan fingerprint density at radius 1 is 1.00 bits per heavy atom. The molecule has 1 aliphatic rings. The van der Waals surface area contributed by atoms with Gasteiger partial charge in [-0.25, -0.2) is 8.78 Å². The van der Waals surface area contributed by atoms with Gasteiger partial charge >= 0.3 is 6.18 Å². The van der Waals surface area contributed by atoms with Crippen molar-refractivity contribution >= 4 is 6.29 Å². The van der Waals surface area contributed by atoms with Gasteiger partial charge in [-0.15, -0.1) is 0 Å². The largest absolute Gasteiger partial charge is 0.422 e. The average molecular weight is 292 g/mol. The van der Waals surface area contributed by atoms with Crippen molar-refractivity contribution in [1.82, 2.24) is 0 Å². The van der Waals surface area contributed by atoms with E-state index in [1.165, 1.54) is 0 Å². The first-order valence-electron chi connectivity index (χ1n) is 6.34. The van der Waals surface area contributed by atoms with Crippen molar-refractivity contribution in [2.75, 3.05) is 0 Å². The van der Waals surface area contributed by atoms with Gasteiger partial charge in [0.2, 0.25) is 0 Å². The minimum Gasteiger partial charge on any atom is -0.303 e. The number of hydrogen-bond acceptors (Lipinski definition) is 1. The number of hydrogen-bond donors (Lipinski definition) is 0. The lowest BCUT2D eigenvalue weighted by Crippen LogP contribution is -2.16. The summed E-state index contributed by atoms with van der Waals surface area (Å²) in [7, 11) is 0. The fourth-order valence-corrected chi connectivity index (χ4v) is 2.69. The summed E-state index contributed by atoms with van der Waals surface area (Å²) >= 11 is 0. The number of halogens is 5. The summed E-state index contributed by atoms with van der Waals surface area (Å²) in [6.45, 7) is 0. The fraction of sp³-hybridized carbons (Fsp3) is 0.500. The maximum Gasteiger partial charge on any atom is 0.422 e. The van der Waals surface area contributed by atoms with E-state index in [4.69, 9.17) is 0 Å². The van der Waals surface area contributed by atoms with Crippen LogP contribution in [0, 0.1) is 17.6 Å². The minimum absolute atomic E-state index is 0.0598. The second-order valence-electron chi connectivity index (χ2n) is 5.11. The van der Waals surface area contributed by atoms with Crippen LogP contribution in [0.5, 0.6) is 0 Å². The molecule has 110 valence electrons. The number of carbonyl (C=O) groups is 1. The highest BCUT2D eigenvalue weighted by molar-refractivity contribution is 5.53. The van der Waals surface area contributed by atoms with Crippen LogP contribution in [-0.2, 0) is 11.0 Å². The molecule has 6 heteroatoms. The molecule has 1 aromatic rings. The quantitative estimate of drug-likeness (QED) is 0.581. The molecule has 0 aliphatic heterocycles. The Balaban J connectivity index is 2.25. The summed E-state index contributed by atoms with van der Waals surface area (Å²) in [6.07, 6.45) is -1.90. The van der Waals surface area contributed by atoms with Crippen molar-refractivity contribution in [3.05, 3.63) is 34.9 Å². The number of rotatable bonds is 2. The molecule has 0 aromatic heterocycles. The van der Waals surface area contributed by atoms with Crippen LogP contribution in [-0.4, -0.2) is 6.29 Å². The van der Waals surface area contributed by atoms with Crippen LogP contribution >= 0.6 is 0 Å². The third-order valence-corrected chi connectivity index (χ3v) is 3.78. The molecule has 0 heterocycles. The molecule has 1 aromatic carbocycles. The highest BCUT2D eigenvalue weighted by Gasteiger charge is 2.38. The first-order valence-corrected chi connectivity index (χ1v) is 6.34. The Hall–Kier alpha value is -1.46. The molecule has 0 spiro atoms. The first kappa shape index (κ1) is 14.9. The summed E-state index contributed by atoms with van der Waals surface area (Å²) in [6, 6.07) is 1.52. The zero-order valence-corrected chi connectivity index (χ0v) is 10.5. The molecule has 0 amide bonds. The van der Waals surface area contributed by atoms with Crippen LogP contribution in [0.2, 0.25) is 0 Å². The highest BCUT2D eigenvalue weighted by atomic mass is 19.4. The maximum atomic E-state index is 13.5. The van der Waals surface area contributed by atoms with Crippen LogP contribution in [0.15, 0.2) is 12.1 Å². The molecular weight excluding hydrogens is 279 g/mol. The van der Waals surface area contributed by atoms with Gasteiger partial charge in [-0.05, 0) is 49.3 Å². The lowest BCUT2D eigenvalue weighted by Gasteiger charge is -2.26. The van der Waals surface area contributed by atoms with Crippen LogP contribution in [0.4, 0.5) is 22.0 Å². The number of benzene rings is 1. The van der Waals surface area contributed by atoms with E-state index in [2.05, 4.69) is 0 Å². The molecule has 1 fully saturated rings. The molecule has 2 rings (SSSR count). The van der Waals surface area contributed by atoms with Crippen LogP contribution < -0.4 is 0 Å². The van der Waals surface area contributed by atoms with Gasteiger partial charge in [-0.1, -0.05) is 0 Å². The molecular formula is C14H13F5O. The predicted octanol–water partition coefficient (Wildman–Crippen LogP) is 4.46. The van der Waals surface area contributed by atoms with E-state index in [-0.39, 0.29) is 17.4 Å². The molecule has 20 heavy (non-hydrogen) atoms. The van der Waals surface area contributed by atoms with Crippen LogP contribution in [0.3, 0.4) is 0 Å². The molecule has 0 atom stereocenters. The normalized spacial score (nSPS) is 23.6. The molecule has 0 unspecified atom stereocenters. The van der Waals surface area contributed by atoms with Gasteiger partial charge in [0.05, 0.1) is 0 Å². The van der Waals surface area contributed by atoms with Gasteiger partial charge in [0.15, 0.2) is 0 Å². The predicted molar refractivity (Wildman–Crippen MR) is 62.1 cm³/mol. The summed E-state index contributed by atoms with van der Waals surface area (Å²) in [5, 5.41) is 0. The summed E-state index contributed by atoms with van der Waals surface area (Å²) in [5.74, 6) is -3.41. The Bertz CT molecular complexity index is 478. The van der Waals surface area contributed by atoms with Gasteiger partial charge < -0.3 is 4.79 Å². The Morgan fingerprint density at radius 2 is 1.50 bits per heavy atom. The lowest BCUT2D eigenvalue weighted by atomic mass is 9.79. The minimum atomic E-state index is -5.04. The fourth-order valence-electron chi connectivity index (χ4n) is 2.69. The van der Waals surface area contributed by atoms with Gasteiger partial charge in [0.25, 0.3) is 0 Å². The zero-order valence-electron chi connectivity index (χ0n) is 10.5. The first-order chi connectivity index (χ1) is 9.32. The Kier molecular flexibility index (Phi) is 4.11. The summed E-state index contributed by atoms with van der Waals surface area (Å²) < 4.78 is 64.4. The molecule has 1 aliphatic carbocycles. The standard InChI is InChI=1S/C14H13F5O/c15-11-5-10(6-12(16)13(11)14(17,18)19)9-3-1-8(7-20)2-4-9/h5-9H,1-4H2. The zero-order chi connectivity index (χ0) is 14.9. The maximum absolute atomic E-state index is 13.5. The van der Waals surface area contributed by atoms with E-state index in [0.717, 1.165) is 18.4 Å².